The minimum Gasteiger partial charge on any atom is -0.378 e. The lowest BCUT2D eigenvalue weighted by Crippen LogP contribution is -2.54. The first-order valence-electron chi connectivity index (χ1n) is 12.1. The minimum atomic E-state index is -1.90. The first-order chi connectivity index (χ1) is 18.2. The van der Waals surface area contributed by atoms with Crippen LogP contribution in [0.2, 0.25) is 0 Å². The van der Waals surface area contributed by atoms with E-state index in [1.54, 1.807) is 0 Å². The van der Waals surface area contributed by atoms with E-state index in [4.69, 9.17) is 0 Å². The van der Waals surface area contributed by atoms with Gasteiger partial charge in [-0.3, -0.25) is 14.4 Å². The third-order valence-electron chi connectivity index (χ3n) is 6.29. The summed E-state index contributed by atoms with van der Waals surface area (Å²) < 4.78 is 27.0. The van der Waals surface area contributed by atoms with Gasteiger partial charge in [-0.1, -0.05) is 72.8 Å². The lowest BCUT2D eigenvalue weighted by Gasteiger charge is -2.26. The molecule has 0 unspecified atom stereocenters. The predicted octanol–water partition coefficient (Wildman–Crippen LogP) is 3.20. The second-order valence-corrected chi connectivity index (χ2v) is 9.04. The Balaban J connectivity index is 1.50. The highest BCUT2D eigenvalue weighted by atomic mass is 19.1. The standard InChI is InChI=1S/C29H27F2N3O4/c1-17(32-29(38)26(35)20-14-21(30)16-22(31)15-20)27(36)34-25-23(18-8-4-2-5-9-18)12-13-24(33-28(25)37)19-10-6-3-7-11-19/h2-17,23-26,35H,1H3,(H,32,38)(H,33,37)(H,34,36)/t17-,23+,24-,25-,26-/m0/s1. The van der Waals surface area contributed by atoms with Crippen LogP contribution < -0.4 is 16.0 Å². The lowest BCUT2D eigenvalue weighted by molar-refractivity contribution is -0.135. The third kappa shape index (κ3) is 6.30. The first kappa shape index (κ1) is 26.7. The molecule has 4 N–H and O–H groups in total. The Labute approximate surface area is 218 Å². The number of amides is 3. The van der Waals surface area contributed by atoms with Crippen LogP contribution in [0.25, 0.3) is 0 Å². The Morgan fingerprint density at radius 2 is 1.45 bits per heavy atom. The number of halogens is 2. The number of carbonyl (C=O) groups excluding carboxylic acids is 3. The summed E-state index contributed by atoms with van der Waals surface area (Å²) in [5, 5.41) is 18.2. The average Bonchev–Trinajstić information content (AvgIpc) is 3.07. The second-order valence-electron chi connectivity index (χ2n) is 9.04. The van der Waals surface area contributed by atoms with Crippen molar-refractivity contribution in [2.24, 2.45) is 0 Å². The van der Waals surface area contributed by atoms with Crippen molar-refractivity contribution in [1.29, 1.82) is 0 Å². The van der Waals surface area contributed by atoms with Crippen LogP contribution in [0.4, 0.5) is 8.78 Å². The topological polar surface area (TPSA) is 108 Å². The number of benzene rings is 3. The Bertz CT molecular complexity index is 1310. The Morgan fingerprint density at radius 1 is 0.868 bits per heavy atom. The fourth-order valence-electron chi connectivity index (χ4n) is 4.31. The highest BCUT2D eigenvalue weighted by Gasteiger charge is 2.34. The van der Waals surface area contributed by atoms with Crippen molar-refractivity contribution in [2.75, 3.05) is 0 Å². The van der Waals surface area contributed by atoms with Gasteiger partial charge in [-0.15, -0.1) is 0 Å². The maximum atomic E-state index is 13.5. The van der Waals surface area contributed by atoms with Gasteiger partial charge in [0.2, 0.25) is 11.8 Å². The minimum absolute atomic E-state index is 0.294. The van der Waals surface area contributed by atoms with Crippen molar-refractivity contribution in [3.63, 3.8) is 0 Å². The van der Waals surface area contributed by atoms with E-state index in [0.717, 1.165) is 23.3 Å². The van der Waals surface area contributed by atoms with Gasteiger partial charge in [0.15, 0.2) is 6.10 Å². The zero-order valence-electron chi connectivity index (χ0n) is 20.5. The molecule has 4 rings (SSSR count). The average molecular weight is 520 g/mol. The van der Waals surface area contributed by atoms with Gasteiger partial charge in [0.05, 0.1) is 6.04 Å². The zero-order valence-corrected chi connectivity index (χ0v) is 20.5. The molecule has 3 aromatic rings. The molecule has 0 radical (unpaired) electrons. The van der Waals surface area contributed by atoms with Crippen molar-refractivity contribution in [1.82, 2.24) is 16.0 Å². The molecular weight excluding hydrogens is 492 g/mol. The summed E-state index contributed by atoms with van der Waals surface area (Å²) in [6, 6.07) is 18.3. The summed E-state index contributed by atoms with van der Waals surface area (Å²) in [4.78, 5) is 38.9. The molecule has 0 bridgehead atoms. The van der Waals surface area contributed by atoms with Crippen LogP contribution in [-0.2, 0) is 14.4 Å². The van der Waals surface area contributed by atoms with Gasteiger partial charge >= 0.3 is 0 Å². The molecule has 0 saturated heterocycles. The van der Waals surface area contributed by atoms with Gasteiger partial charge in [-0.25, -0.2) is 8.78 Å². The maximum Gasteiger partial charge on any atom is 0.254 e. The predicted molar refractivity (Wildman–Crippen MR) is 137 cm³/mol. The summed E-state index contributed by atoms with van der Waals surface area (Å²) in [5.74, 6) is -4.52. The monoisotopic (exact) mass is 519 g/mol. The molecule has 0 spiro atoms. The molecule has 9 heteroatoms. The van der Waals surface area contributed by atoms with E-state index in [2.05, 4.69) is 16.0 Å². The van der Waals surface area contributed by atoms with E-state index in [1.807, 2.05) is 72.8 Å². The van der Waals surface area contributed by atoms with Gasteiger partial charge < -0.3 is 21.1 Å². The maximum absolute atomic E-state index is 13.5. The van der Waals surface area contributed by atoms with E-state index >= 15 is 0 Å². The van der Waals surface area contributed by atoms with Crippen LogP contribution in [0, 0.1) is 11.6 Å². The van der Waals surface area contributed by atoms with E-state index in [9.17, 15) is 28.3 Å². The molecule has 1 aliphatic heterocycles. The normalized spacial score (nSPS) is 20.5. The molecule has 5 atom stereocenters. The number of aliphatic hydroxyl groups excluding tert-OH is 1. The molecule has 0 aliphatic carbocycles. The molecule has 0 fully saturated rings. The molecular formula is C29H27F2N3O4. The van der Waals surface area contributed by atoms with E-state index in [1.165, 1.54) is 6.92 Å². The first-order valence-corrected chi connectivity index (χ1v) is 12.1. The highest BCUT2D eigenvalue weighted by molar-refractivity contribution is 5.93. The number of nitrogens with one attached hydrogen (secondary N) is 3. The Hall–Kier alpha value is -4.37. The number of rotatable bonds is 7. The Morgan fingerprint density at radius 3 is 2.05 bits per heavy atom. The fourth-order valence-corrected chi connectivity index (χ4v) is 4.31. The van der Waals surface area contributed by atoms with E-state index in [-0.39, 0.29) is 5.56 Å². The summed E-state index contributed by atoms with van der Waals surface area (Å²) in [6.07, 6.45) is 1.83. The van der Waals surface area contributed by atoms with Gasteiger partial charge in [0.25, 0.3) is 5.91 Å². The highest BCUT2D eigenvalue weighted by Crippen LogP contribution is 2.28. The molecule has 1 heterocycles. The van der Waals surface area contributed by atoms with Crippen molar-refractivity contribution < 1.29 is 28.3 Å². The summed E-state index contributed by atoms with van der Waals surface area (Å²) >= 11 is 0. The van der Waals surface area contributed by atoms with Gasteiger partial charge in [0.1, 0.15) is 23.7 Å². The molecule has 7 nitrogen and oxygen atoms in total. The van der Waals surface area contributed by atoms with E-state index in [0.29, 0.717) is 6.07 Å². The van der Waals surface area contributed by atoms with Crippen molar-refractivity contribution in [3.8, 4) is 0 Å². The van der Waals surface area contributed by atoms with Crippen LogP contribution in [0.1, 0.15) is 41.7 Å². The van der Waals surface area contributed by atoms with Crippen molar-refractivity contribution >= 4 is 17.7 Å². The van der Waals surface area contributed by atoms with E-state index < -0.39 is 59.5 Å². The van der Waals surface area contributed by atoms with Crippen molar-refractivity contribution in [3.05, 3.63) is 119 Å². The van der Waals surface area contributed by atoms with Gasteiger partial charge in [-0.05, 0) is 35.7 Å². The molecule has 38 heavy (non-hydrogen) atoms. The Kier molecular flexibility index (Phi) is 8.28. The number of hydrogen-bond acceptors (Lipinski definition) is 4. The molecule has 1 aliphatic rings. The fraction of sp³-hybridized carbons (Fsp3) is 0.207. The molecule has 0 saturated carbocycles. The smallest absolute Gasteiger partial charge is 0.254 e. The van der Waals surface area contributed by atoms with Crippen LogP contribution in [-0.4, -0.2) is 34.9 Å². The third-order valence-corrected chi connectivity index (χ3v) is 6.29. The quantitative estimate of drug-likeness (QED) is 0.360. The second kappa shape index (κ2) is 11.8. The molecule has 3 amide bonds. The summed E-state index contributed by atoms with van der Waals surface area (Å²) in [5.41, 5.74) is 1.38. The number of carbonyl (C=O) groups is 3. The van der Waals surface area contributed by atoms with Crippen molar-refractivity contribution in [2.45, 2.75) is 37.1 Å². The van der Waals surface area contributed by atoms with Crippen LogP contribution in [0.5, 0.6) is 0 Å². The van der Waals surface area contributed by atoms with Crippen LogP contribution >= 0.6 is 0 Å². The van der Waals surface area contributed by atoms with Crippen LogP contribution in [0.3, 0.4) is 0 Å². The SMILES string of the molecule is C[C@H](NC(=O)[C@@H](O)c1cc(F)cc(F)c1)C(=O)N[C@@H]1C(=O)N[C@H](c2ccccc2)C=C[C@@H]1c1ccccc1. The molecule has 3 aromatic carbocycles. The number of hydrogen-bond donors (Lipinski definition) is 4. The number of aliphatic hydroxyl groups is 1. The largest absolute Gasteiger partial charge is 0.378 e. The zero-order chi connectivity index (χ0) is 27.2. The molecule has 0 aromatic heterocycles. The lowest BCUT2D eigenvalue weighted by atomic mass is 9.90. The summed E-state index contributed by atoms with van der Waals surface area (Å²) in [6.45, 7) is 1.38. The van der Waals surface area contributed by atoms with Crippen LogP contribution in [0.15, 0.2) is 91.0 Å². The van der Waals surface area contributed by atoms with Gasteiger partial charge in [-0.2, -0.15) is 0 Å². The van der Waals surface area contributed by atoms with Gasteiger partial charge in [0, 0.05) is 12.0 Å². The molecule has 196 valence electrons. The summed E-state index contributed by atoms with van der Waals surface area (Å²) in [7, 11) is 0.